The van der Waals surface area contributed by atoms with Crippen LogP contribution in [0.5, 0.6) is 0 Å². The molecule has 2 rings (SSSR count). The second kappa shape index (κ2) is 5.99. The molecule has 106 valence electrons. The maximum Gasteiger partial charge on any atom is 0.230 e. The number of carbonyl (C=O) groups excluding carboxylic acids is 3. The molecule has 1 unspecified atom stereocenters. The van der Waals surface area contributed by atoms with Crippen LogP contribution in [0.1, 0.15) is 47.7 Å². The maximum atomic E-state index is 12.4. The van der Waals surface area contributed by atoms with Gasteiger partial charge in [-0.3, -0.25) is 19.7 Å². The topological polar surface area (TPSA) is 63.2 Å². The number of carbonyl (C=O) groups is 3. The predicted octanol–water partition coefficient (Wildman–Crippen LogP) is 2.18. The Morgan fingerprint density at radius 1 is 1.35 bits per heavy atom. The van der Waals surface area contributed by atoms with Gasteiger partial charge in [-0.25, -0.2) is 0 Å². The lowest BCUT2D eigenvalue weighted by Crippen LogP contribution is -2.41. The van der Waals surface area contributed by atoms with E-state index in [1.54, 1.807) is 0 Å². The molecule has 1 aliphatic heterocycles. The first-order valence-corrected chi connectivity index (χ1v) is 6.97. The molecule has 2 amide bonds. The van der Waals surface area contributed by atoms with Crippen molar-refractivity contribution in [1.82, 2.24) is 5.32 Å². The molecule has 1 aliphatic rings. The van der Waals surface area contributed by atoms with E-state index >= 15 is 0 Å². The fourth-order valence-corrected chi connectivity index (χ4v) is 2.55. The van der Waals surface area contributed by atoms with E-state index in [0.717, 1.165) is 17.5 Å². The van der Waals surface area contributed by atoms with Crippen LogP contribution in [0.25, 0.3) is 0 Å². The number of piperidine rings is 1. The van der Waals surface area contributed by atoms with Gasteiger partial charge in [0.05, 0.1) is 0 Å². The van der Waals surface area contributed by atoms with Gasteiger partial charge in [-0.1, -0.05) is 30.7 Å². The van der Waals surface area contributed by atoms with E-state index in [-0.39, 0.29) is 29.9 Å². The molecule has 0 spiro atoms. The first-order chi connectivity index (χ1) is 9.51. The molecule has 4 heteroatoms. The highest BCUT2D eigenvalue weighted by Gasteiger charge is 2.29. The van der Waals surface area contributed by atoms with Gasteiger partial charge in [-0.2, -0.15) is 0 Å². The first-order valence-electron chi connectivity index (χ1n) is 6.97. The maximum absolute atomic E-state index is 12.4. The van der Waals surface area contributed by atoms with E-state index in [1.807, 2.05) is 32.0 Å². The molecular formula is C16H19NO3. The number of amides is 2. The fraction of sp³-hybridized carbons (Fsp3) is 0.438. The van der Waals surface area contributed by atoms with Gasteiger partial charge in [0, 0.05) is 24.3 Å². The molecule has 0 bridgehead atoms. The van der Waals surface area contributed by atoms with E-state index in [2.05, 4.69) is 5.32 Å². The molecule has 0 saturated carbocycles. The zero-order chi connectivity index (χ0) is 14.7. The summed E-state index contributed by atoms with van der Waals surface area (Å²) in [6, 6.07) is 5.76. The summed E-state index contributed by atoms with van der Waals surface area (Å²) in [6.45, 7) is 4.01. The molecule has 1 heterocycles. The molecule has 0 aliphatic carbocycles. The van der Waals surface area contributed by atoms with Crippen LogP contribution < -0.4 is 5.32 Å². The Labute approximate surface area is 118 Å². The number of imide groups is 1. The van der Waals surface area contributed by atoms with Gasteiger partial charge in [0.25, 0.3) is 0 Å². The Kier molecular flexibility index (Phi) is 4.32. The summed E-state index contributed by atoms with van der Waals surface area (Å²) in [5.41, 5.74) is 2.84. The van der Waals surface area contributed by atoms with E-state index in [0.29, 0.717) is 18.4 Å². The summed E-state index contributed by atoms with van der Waals surface area (Å²) in [7, 11) is 0. The molecule has 0 radical (unpaired) electrons. The third-order valence-electron chi connectivity index (χ3n) is 3.73. The lowest BCUT2D eigenvalue weighted by Gasteiger charge is -2.20. The molecule has 1 fully saturated rings. The zero-order valence-corrected chi connectivity index (χ0v) is 11.9. The molecule has 1 aromatic rings. The second-order valence-electron chi connectivity index (χ2n) is 5.29. The number of Topliss-reactive ketones (excluding diaryl/α,β-unsaturated/α-hetero) is 1. The van der Waals surface area contributed by atoms with Crippen LogP contribution in [0, 0.1) is 12.8 Å². The van der Waals surface area contributed by atoms with Gasteiger partial charge >= 0.3 is 0 Å². The minimum Gasteiger partial charge on any atom is -0.296 e. The number of benzene rings is 1. The standard InChI is InChI=1S/C16H19NO3/c1-3-11-8-10(2)4-6-13(11)14(18)9-12-5-7-15(19)17-16(12)20/h4,6,8,12H,3,5,7,9H2,1-2H3,(H,17,19,20). The Hall–Kier alpha value is -1.97. The minimum atomic E-state index is -0.383. The molecule has 20 heavy (non-hydrogen) atoms. The number of hydrogen-bond donors (Lipinski definition) is 1. The van der Waals surface area contributed by atoms with Crippen LogP contribution in [0.4, 0.5) is 0 Å². The van der Waals surface area contributed by atoms with Crippen LogP contribution in [0.15, 0.2) is 18.2 Å². The van der Waals surface area contributed by atoms with Gasteiger partial charge in [0.2, 0.25) is 11.8 Å². The number of hydrogen-bond acceptors (Lipinski definition) is 3. The van der Waals surface area contributed by atoms with Crippen molar-refractivity contribution >= 4 is 17.6 Å². The summed E-state index contributed by atoms with van der Waals surface area (Å²) < 4.78 is 0. The molecule has 1 N–H and O–H groups in total. The highest BCUT2D eigenvalue weighted by Crippen LogP contribution is 2.21. The second-order valence-corrected chi connectivity index (χ2v) is 5.29. The number of aryl methyl sites for hydroxylation is 2. The summed E-state index contributed by atoms with van der Waals surface area (Å²) in [6.07, 6.45) is 1.75. The molecule has 1 atom stereocenters. The van der Waals surface area contributed by atoms with Gasteiger partial charge in [0.1, 0.15) is 0 Å². The van der Waals surface area contributed by atoms with Crippen molar-refractivity contribution in [2.75, 3.05) is 0 Å². The predicted molar refractivity (Wildman–Crippen MR) is 75.4 cm³/mol. The van der Waals surface area contributed by atoms with Gasteiger partial charge in [-0.05, 0) is 25.3 Å². The number of nitrogens with one attached hydrogen (secondary N) is 1. The van der Waals surface area contributed by atoms with Crippen molar-refractivity contribution in [2.45, 2.75) is 39.5 Å². The van der Waals surface area contributed by atoms with Gasteiger partial charge < -0.3 is 0 Å². The van der Waals surface area contributed by atoms with E-state index in [9.17, 15) is 14.4 Å². The average Bonchev–Trinajstić information content (AvgIpc) is 2.41. The minimum absolute atomic E-state index is 0.0173. The highest BCUT2D eigenvalue weighted by atomic mass is 16.2. The van der Waals surface area contributed by atoms with Crippen molar-refractivity contribution in [3.8, 4) is 0 Å². The Morgan fingerprint density at radius 3 is 2.75 bits per heavy atom. The van der Waals surface area contributed by atoms with Crippen LogP contribution in [-0.2, 0) is 16.0 Å². The van der Waals surface area contributed by atoms with Crippen molar-refractivity contribution in [2.24, 2.45) is 5.92 Å². The van der Waals surface area contributed by atoms with Crippen LogP contribution in [0.3, 0.4) is 0 Å². The zero-order valence-electron chi connectivity index (χ0n) is 11.9. The first kappa shape index (κ1) is 14.4. The third kappa shape index (κ3) is 3.13. The van der Waals surface area contributed by atoms with Gasteiger partial charge in [0.15, 0.2) is 5.78 Å². The van der Waals surface area contributed by atoms with Crippen LogP contribution >= 0.6 is 0 Å². The smallest absolute Gasteiger partial charge is 0.230 e. The highest BCUT2D eigenvalue weighted by molar-refractivity contribution is 6.03. The van der Waals surface area contributed by atoms with Crippen molar-refractivity contribution in [3.63, 3.8) is 0 Å². The van der Waals surface area contributed by atoms with E-state index < -0.39 is 0 Å². The summed E-state index contributed by atoms with van der Waals surface area (Å²) >= 11 is 0. The SMILES string of the molecule is CCc1cc(C)ccc1C(=O)CC1CCC(=O)NC1=O. The number of ketones is 1. The average molecular weight is 273 g/mol. The van der Waals surface area contributed by atoms with Crippen molar-refractivity contribution in [1.29, 1.82) is 0 Å². The Morgan fingerprint density at radius 2 is 2.10 bits per heavy atom. The monoisotopic (exact) mass is 273 g/mol. The summed E-state index contributed by atoms with van der Waals surface area (Å²) in [5, 5.41) is 2.29. The third-order valence-corrected chi connectivity index (χ3v) is 3.73. The number of rotatable bonds is 4. The summed E-state index contributed by atoms with van der Waals surface area (Å²) in [4.78, 5) is 35.2. The van der Waals surface area contributed by atoms with Crippen LogP contribution in [0.2, 0.25) is 0 Å². The summed E-state index contributed by atoms with van der Waals surface area (Å²) in [5.74, 6) is -0.967. The van der Waals surface area contributed by atoms with Gasteiger partial charge in [-0.15, -0.1) is 0 Å². The normalized spacial score (nSPS) is 18.8. The van der Waals surface area contributed by atoms with E-state index in [1.165, 1.54) is 0 Å². The molecule has 4 nitrogen and oxygen atoms in total. The van der Waals surface area contributed by atoms with Crippen molar-refractivity contribution < 1.29 is 14.4 Å². The lowest BCUT2D eigenvalue weighted by atomic mass is 9.89. The van der Waals surface area contributed by atoms with Crippen molar-refractivity contribution in [3.05, 3.63) is 34.9 Å². The lowest BCUT2D eigenvalue weighted by molar-refractivity contribution is -0.136. The molecule has 1 saturated heterocycles. The van der Waals surface area contributed by atoms with Crippen LogP contribution in [-0.4, -0.2) is 17.6 Å². The Balaban J connectivity index is 2.12. The molecule has 1 aromatic carbocycles. The molecule has 0 aromatic heterocycles. The Bertz CT molecular complexity index is 563. The fourth-order valence-electron chi connectivity index (χ4n) is 2.55. The molecular weight excluding hydrogens is 254 g/mol. The largest absolute Gasteiger partial charge is 0.296 e. The van der Waals surface area contributed by atoms with E-state index in [4.69, 9.17) is 0 Å². The quantitative estimate of drug-likeness (QED) is 0.675.